The molecule has 2 fully saturated rings. The molecule has 0 amide bonds. The Morgan fingerprint density at radius 3 is 2.21 bits per heavy atom. The Kier molecular flexibility index (Phi) is 3.86. The van der Waals surface area contributed by atoms with Crippen LogP contribution in [0.3, 0.4) is 0 Å². The third-order valence-corrected chi connectivity index (χ3v) is 4.40. The quantitative estimate of drug-likeness (QED) is 0.725. The molecule has 0 aromatic heterocycles. The first-order valence-corrected chi connectivity index (χ1v) is 6.57. The van der Waals surface area contributed by atoms with Gasteiger partial charge in [-0.3, -0.25) is 0 Å². The van der Waals surface area contributed by atoms with Crippen molar-refractivity contribution in [2.75, 3.05) is 7.05 Å². The van der Waals surface area contributed by atoms with Gasteiger partial charge in [-0.2, -0.15) is 0 Å². The maximum absolute atomic E-state index is 3.57. The first-order valence-electron chi connectivity index (χ1n) is 6.57. The topological polar surface area (TPSA) is 12.0 Å². The third-order valence-electron chi connectivity index (χ3n) is 4.40. The molecule has 1 unspecified atom stereocenters. The van der Waals surface area contributed by atoms with Crippen molar-refractivity contribution in [3.05, 3.63) is 0 Å². The molecule has 0 bridgehead atoms. The summed E-state index contributed by atoms with van der Waals surface area (Å²) in [5.41, 5.74) is 0. The average molecular weight is 195 g/mol. The number of hydrogen-bond acceptors (Lipinski definition) is 1. The van der Waals surface area contributed by atoms with E-state index in [9.17, 15) is 0 Å². The molecule has 14 heavy (non-hydrogen) atoms. The summed E-state index contributed by atoms with van der Waals surface area (Å²) < 4.78 is 0. The molecule has 0 aliphatic heterocycles. The number of nitrogens with one attached hydrogen (secondary N) is 1. The van der Waals surface area contributed by atoms with Gasteiger partial charge < -0.3 is 5.32 Å². The van der Waals surface area contributed by atoms with Crippen molar-refractivity contribution in [1.82, 2.24) is 5.32 Å². The lowest BCUT2D eigenvalue weighted by Crippen LogP contribution is -2.37. The number of hydrogen-bond donors (Lipinski definition) is 1. The van der Waals surface area contributed by atoms with Crippen LogP contribution in [0, 0.1) is 11.8 Å². The maximum atomic E-state index is 3.57. The van der Waals surface area contributed by atoms with Gasteiger partial charge in [-0.25, -0.2) is 0 Å². The molecule has 82 valence electrons. The predicted octanol–water partition coefficient (Wildman–Crippen LogP) is 3.34. The summed E-state index contributed by atoms with van der Waals surface area (Å²) in [5, 5.41) is 3.57. The minimum Gasteiger partial charge on any atom is -0.317 e. The standard InChI is InChI=1S/C13H25N/c1-14-13(10-11-6-5-7-11)12-8-3-2-4-9-12/h11-14H,2-10H2,1H3. The molecule has 1 nitrogen and oxygen atoms in total. The van der Waals surface area contributed by atoms with Gasteiger partial charge in [0.1, 0.15) is 0 Å². The molecule has 1 N–H and O–H groups in total. The lowest BCUT2D eigenvalue weighted by molar-refractivity contribution is 0.199. The first-order chi connectivity index (χ1) is 6.90. The van der Waals surface area contributed by atoms with Crippen molar-refractivity contribution in [2.24, 2.45) is 11.8 Å². The van der Waals surface area contributed by atoms with Crippen molar-refractivity contribution in [3.8, 4) is 0 Å². The van der Waals surface area contributed by atoms with Gasteiger partial charge in [0, 0.05) is 6.04 Å². The highest BCUT2D eigenvalue weighted by atomic mass is 14.9. The van der Waals surface area contributed by atoms with E-state index in [0.29, 0.717) is 0 Å². The van der Waals surface area contributed by atoms with Crippen LogP contribution < -0.4 is 5.32 Å². The molecular weight excluding hydrogens is 170 g/mol. The van der Waals surface area contributed by atoms with Gasteiger partial charge >= 0.3 is 0 Å². The minimum atomic E-state index is 0.834. The highest BCUT2D eigenvalue weighted by Crippen LogP contribution is 2.35. The predicted molar refractivity (Wildman–Crippen MR) is 61.4 cm³/mol. The second-order valence-electron chi connectivity index (χ2n) is 5.33. The van der Waals surface area contributed by atoms with Gasteiger partial charge in [0.2, 0.25) is 0 Å². The molecular formula is C13H25N. The highest BCUT2D eigenvalue weighted by Gasteiger charge is 2.27. The molecule has 0 spiro atoms. The van der Waals surface area contributed by atoms with Gasteiger partial charge in [0.15, 0.2) is 0 Å². The van der Waals surface area contributed by atoms with Crippen LogP contribution in [0.4, 0.5) is 0 Å². The van der Waals surface area contributed by atoms with Crippen molar-refractivity contribution in [2.45, 2.75) is 63.8 Å². The van der Waals surface area contributed by atoms with E-state index in [1.54, 1.807) is 0 Å². The van der Waals surface area contributed by atoms with E-state index in [1.807, 2.05) is 0 Å². The monoisotopic (exact) mass is 195 g/mol. The molecule has 2 saturated carbocycles. The highest BCUT2D eigenvalue weighted by molar-refractivity contribution is 4.83. The van der Waals surface area contributed by atoms with Crippen molar-refractivity contribution in [1.29, 1.82) is 0 Å². The van der Waals surface area contributed by atoms with Crippen LogP contribution >= 0.6 is 0 Å². The van der Waals surface area contributed by atoms with Gasteiger partial charge in [-0.05, 0) is 38.1 Å². The van der Waals surface area contributed by atoms with E-state index in [2.05, 4.69) is 12.4 Å². The van der Waals surface area contributed by atoms with Crippen LogP contribution in [-0.4, -0.2) is 13.1 Å². The van der Waals surface area contributed by atoms with E-state index in [0.717, 1.165) is 17.9 Å². The summed E-state index contributed by atoms with van der Waals surface area (Å²) in [6.07, 6.45) is 13.4. The Morgan fingerprint density at radius 1 is 1.00 bits per heavy atom. The number of rotatable bonds is 4. The van der Waals surface area contributed by atoms with E-state index in [1.165, 1.54) is 57.8 Å². The van der Waals surface area contributed by atoms with Gasteiger partial charge in [-0.1, -0.05) is 38.5 Å². The second kappa shape index (κ2) is 5.16. The zero-order chi connectivity index (χ0) is 9.80. The molecule has 2 rings (SSSR count). The summed E-state index contributed by atoms with van der Waals surface area (Å²) in [6.45, 7) is 0. The average Bonchev–Trinajstić information content (AvgIpc) is 2.18. The van der Waals surface area contributed by atoms with Crippen LogP contribution in [0.2, 0.25) is 0 Å². The lowest BCUT2D eigenvalue weighted by Gasteiger charge is -2.35. The molecule has 0 heterocycles. The molecule has 1 heteroatoms. The molecule has 2 aliphatic rings. The van der Waals surface area contributed by atoms with Crippen LogP contribution in [0.25, 0.3) is 0 Å². The van der Waals surface area contributed by atoms with E-state index >= 15 is 0 Å². The largest absolute Gasteiger partial charge is 0.317 e. The van der Waals surface area contributed by atoms with Crippen LogP contribution in [0.1, 0.15) is 57.8 Å². The van der Waals surface area contributed by atoms with Gasteiger partial charge in [-0.15, -0.1) is 0 Å². The summed E-state index contributed by atoms with van der Waals surface area (Å²) in [4.78, 5) is 0. The second-order valence-corrected chi connectivity index (χ2v) is 5.33. The Balaban J connectivity index is 1.77. The SMILES string of the molecule is CNC(CC1CCC1)C1CCCCC1. The Labute approximate surface area is 88.7 Å². The van der Waals surface area contributed by atoms with Crippen LogP contribution in [-0.2, 0) is 0 Å². The Morgan fingerprint density at radius 2 is 1.71 bits per heavy atom. The fraction of sp³-hybridized carbons (Fsp3) is 1.00. The normalized spacial score (nSPS) is 27.2. The summed E-state index contributed by atoms with van der Waals surface area (Å²) in [5.74, 6) is 2.06. The van der Waals surface area contributed by atoms with Crippen molar-refractivity contribution >= 4 is 0 Å². The van der Waals surface area contributed by atoms with Crippen LogP contribution in [0.5, 0.6) is 0 Å². The summed E-state index contributed by atoms with van der Waals surface area (Å²) >= 11 is 0. The lowest BCUT2D eigenvalue weighted by atomic mass is 9.75. The van der Waals surface area contributed by atoms with Crippen molar-refractivity contribution < 1.29 is 0 Å². The smallest absolute Gasteiger partial charge is 0.00949 e. The fourth-order valence-electron chi connectivity index (χ4n) is 3.17. The minimum absolute atomic E-state index is 0.834. The van der Waals surface area contributed by atoms with E-state index in [-0.39, 0.29) is 0 Å². The molecule has 0 aromatic carbocycles. The van der Waals surface area contributed by atoms with E-state index in [4.69, 9.17) is 0 Å². The zero-order valence-electron chi connectivity index (χ0n) is 9.60. The molecule has 0 radical (unpaired) electrons. The molecule has 2 aliphatic carbocycles. The zero-order valence-corrected chi connectivity index (χ0v) is 9.60. The van der Waals surface area contributed by atoms with E-state index < -0.39 is 0 Å². The summed E-state index contributed by atoms with van der Waals surface area (Å²) in [6, 6.07) is 0.834. The first kappa shape index (κ1) is 10.5. The van der Waals surface area contributed by atoms with Crippen LogP contribution in [0.15, 0.2) is 0 Å². The molecule has 0 saturated heterocycles. The Hall–Kier alpha value is -0.0400. The fourth-order valence-corrected chi connectivity index (χ4v) is 3.17. The Bertz CT molecular complexity index is 157. The maximum Gasteiger partial charge on any atom is 0.00949 e. The third kappa shape index (κ3) is 2.50. The van der Waals surface area contributed by atoms with Gasteiger partial charge in [0.05, 0.1) is 0 Å². The van der Waals surface area contributed by atoms with Gasteiger partial charge in [0.25, 0.3) is 0 Å². The molecule has 1 atom stereocenters. The molecule has 0 aromatic rings. The van der Waals surface area contributed by atoms with Crippen molar-refractivity contribution in [3.63, 3.8) is 0 Å². The summed E-state index contributed by atoms with van der Waals surface area (Å²) in [7, 11) is 2.16.